The van der Waals surface area contributed by atoms with Gasteiger partial charge in [-0.1, -0.05) is 0 Å². The quantitative estimate of drug-likeness (QED) is 0.309. The molecule has 0 bridgehead atoms. The first-order valence-corrected chi connectivity index (χ1v) is 3.73. The minimum atomic E-state index is -1.16. The average Bonchev–Trinajstić information content (AvgIpc) is 2.02. The van der Waals surface area contributed by atoms with E-state index in [2.05, 4.69) is 12.6 Å². The molecule has 0 rings (SSSR count). The fraction of sp³-hybridized carbons (Fsp3) is 0.833. The van der Waals surface area contributed by atoms with Gasteiger partial charge in [0.2, 0.25) is 0 Å². The van der Waals surface area contributed by atoms with Gasteiger partial charge in [0.15, 0.2) is 0 Å². The highest BCUT2D eigenvalue weighted by molar-refractivity contribution is 7.81. The smallest absolute Gasteiger partial charge is 0.122 e. The van der Waals surface area contributed by atoms with Crippen LogP contribution in [0.25, 0.3) is 0 Å². The molecule has 0 heterocycles. The van der Waals surface area contributed by atoms with Gasteiger partial charge in [-0.2, -0.15) is 12.6 Å². The van der Waals surface area contributed by atoms with Crippen LogP contribution in [-0.2, 0) is 4.79 Å². The Balaban J connectivity index is 3.79. The molecule has 3 atom stereocenters. The molecule has 0 aromatic rings. The van der Waals surface area contributed by atoms with Crippen molar-refractivity contribution in [2.24, 2.45) is 0 Å². The van der Waals surface area contributed by atoms with Crippen LogP contribution in [0.15, 0.2) is 0 Å². The number of hydrogen-bond acceptors (Lipinski definition) is 5. The normalized spacial score (nSPS) is 18.9. The molecule has 3 N–H and O–H groups in total. The summed E-state index contributed by atoms with van der Waals surface area (Å²) in [5.41, 5.74) is 0. The maximum atomic E-state index is 9.87. The minimum absolute atomic E-state index is 0.141. The Bertz CT molecular complexity index is 119. The van der Waals surface area contributed by atoms with Crippen molar-refractivity contribution >= 4 is 18.9 Å². The zero-order valence-corrected chi connectivity index (χ0v) is 6.82. The van der Waals surface area contributed by atoms with Gasteiger partial charge in [-0.15, -0.1) is 0 Å². The second-order valence-electron chi connectivity index (χ2n) is 2.21. The van der Waals surface area contributed by atoms with Crippen molar-refractivity contribution < 1.29 is 20.1 Å². The molecule has 0 aliphatic heterocycles. The summed E-state index contributed by atoms with van der Waals surface area (Å²) in [7, 11) is 0. The number of carbonyl (C=O) groups excluding carboxylic acids is 1. The molecule has 4 nitrogen and oxygen atoms in total. The molecule has 0 amide bonds. The number of aliphatic hydroxyl groups excluding tert-OH is 3. The van der Waals surface area contributed by atoms with Crippen LogP contribution in [-0.4, -0.2) is 45.7 Å². The number of carbonyl (C=O) groups is 1. The SMILES string of the molecule is O=CC[C@@H](O)[C@H](O)[C@@H](S)CO. The summed E-state index contributed by atoms with van der Waals surface area (Å²) in [6.07, 6.45) is -1.93. The van der Waals surface area contributed by atoms with E-state index >= 15 is 0 Å². The van der Waals surface area contributed by atoms with Gasteiger partial charge in [0.25, 0.3) is 0 Å². The molecule has 0 aromatic carbocycles. The molecule has 0 saturated carbocycles. The summed E-state index contributed by atoms with van der Waals surface area (Å²) in [4.78, 5) is 9.87. The van der Waals surface area contributed by atoms with Crippen molar-refractivity contribution in [1.29, 1.82) is 0 Å². The van der Waals surface area contributed by atoms with E-state index in [1.165, 1.54) is 0 Å². The van der Waals surface area contributed by atoms with Crippen LogP contribution in [0.2, 0.25) is 0 Å². The van der Waals surface area contributed by atoms with Gasteiger partial charge < -0.3 is 20.1 Å². The lowest BCUT2D eigenvalue weighted by molar-refractivity contribution is -0.111. The van der Waals surface area contributed by atoms with Crippen LogP contribution in [0.4, 0.5) is 0 Å². The average molecular weight is 180 g/mol. The molecule has 0 saturated heterocycles. The molecule has 66 valence electrons. The lowest BCUT2D eigenvalue weighted by Gasteiger charge is -2.19. The van der Waals surface area contributed by atoms with E-state index in [9.17, 15) is 4.79 Å². The highest BCUT2D eigenvalue weighted by Crippen LogP contribution is 2.07. The maximum absolute atomic E-state index is 9.87. The monoisotopic (exact) mass is 180 g/mol. The largest absolute Gasteiger partial charge is 0.395 e. The second-order valence-corrected chi connectivity index (χ2v) is 2.87. The maximum Gasteiger partial charge on any atom is 0.122 e. The Morgan fingerprint density at radius 2 is 2.00 bits per heavy atom. The van der Waals surface area contributed by atoms with E-state index in [1.807, 2.05) is 0 Å². The predicted molar refractivity (Wildman–Crippen MR) is 42.6 cm³/mol. The Morgan fingerprint density at radius 3 is 2.36 bits per heavy atom. The number of hydrogen-bond donors (Lipinski definition) is 4. The standard InChI is InChI=1S/C6H12O4S/c7-2-1-4(9)6(10)5(11)3-8/h2,4-6,8-11H,1,3H2/t4-,5+,6+/m1/s1. The van der Waals surface area contributed by atoms with Crippen LogP contribution < -0.4 is 0 Å². The van der Waals surface area contributed by atoms with Crippen molar-refractivity contribution in [2.45, 2.75) is 23.9 Å². The zero-order chi connectivity index (χ0) is 8.85. The van der Waals surface area contributed by atoms with Gasteiger partial charge in [0.1, 0.15) is 6.29 Å². The lowest BCUT2D eigenvalue weighted by atomic mass is 10.1. The summed E-state index contributed by atoms with van der Waals surface area (Å²) in [5.74, 6) is 0. The zero-order valence-electron chi connectivity index (χ0n) is 5.92. The van der Waals surface area contributed by atoms with Gasteiger partial charge in [0, 0.05) is 6.42 Å². The van der Waals surface area contributed by atoms with Gasteiger partial charge in [-0.3, -0.25) is 0 Å². The molecular formula is C6H12O4S. The van der Waals surface area contributed by atoms with Crippen molar-refractivity contribution in [3.05, 3.63) is 0 Å². The van der Waals surface area contributed by atoms with Crippen molar-refractivity contribution in [1.82, 2.24) is 0 Å². The predicted octanol–water partition coefficient (Wildman–Crippen LogP) is -1.41. The number of aliphatic hydroxyl groups is 3. The Hall–Kier alpha value is -0.100. The van der Waals surface area contributed by atoms with Crippen LogP contribution in [0.3, 0.4) is 0 Å². The van der Waals surface area contributed by atoms with Crippen molar-refractivity contribution in [3.8, 4) is 0 Å². The van der Waals surface area contributed by atoms with E-state index in [-0.39, 0.29) is 13.0 Å². The Kier molecular flexibility index (Phi) is 5.49. The fourth-order valence-corrected chi connectivity index (χ4v) is 0.801. The summed E-state index contributed by atoms with van der Waals surface area (Å²) < 4.78 is 0. The van der Waals surface area contributed by atoms with E-state index < -0.39 is 17.5 Å². The highest BCUT2D eigenvalue weighted by Gasteiger charge is 2.22. The van der Waals surface area contributed by atoms with Gasteiger partial charge in [-0.25, -0.2) is 0 Å². The molecule has 0 aliphatic carbocycles. The van der Waals surface area contributed by atoms with Crippen LogP contribution in [0.1, 0.15) is 6.42 Å². The number of thiol groups is 1. The summed E-state index contributed by atoms with van der Waals surface area (Å²) >= 11 is 3.78. The van der Waals surface area contributed by atoms with E-state index in [0.29, 0.717) is 6.29 Å². The van der Waals surface area contributed by atoms with Crippen LogP contribution in [0, 0.1) is 0 Å². The first kappa shape index (κ1) is 10.9. The third-order valence-corrected chi connectivity index (χ3v) is 1.78. The van der Waals surface area contributed by atoms with E-state index in [1.54, 1.807) is 0 Å². The lowest BCUT2D eigenvalue weighted by Crippen LogP contribution is -2.36. The molecule has 0 unspecified atom stereocenters. The topological polar surface area (TPSA) is 77.8 Å². The van der Waals surface area contributed by atoms with E-state index in [4.69, 9.17) is 15.3 Å². The Morgan fingerprint density at radius 1 is 1.45 bits per heavy atom. The molecule has 0 aromatic heterocycles. The van der Waals surface area contributed by atoms with Gasteiger partial charge in [-0.05, 0) is 0 Å². The molecule has 0 fully saturated rings. The molecule has 0 aliphatic rings. The number of rotatable bonds is 5. The van der Waals surface area contributed by atoms with Crippen molar-refractivity contribution in [3.63, 3.8) is 0 Å². The highest BCUT2D eigenvalue weighted by atomic mass is 32.1. The summed E-state index contributed by atoms with van der Waals surface area (Å²) in [6, 6.07) is 0. The van der Waals surface area contributed by atoms with Gasteiger partial charge in [0.05, 0.1) is 24.1 Å². The molecule has 0 spiro atoms. The van der Waals surface area contributed by atoms with E-state index in [0.717, 1.165) is 0 Å². The molecule has 5 heteroatoms. The summed E-state index contributed by atoms with van der Waals surface area (Å²) in [5, 5.41) is 25.8. The third-order valence-electron chi connectivity index (χ3n) is 1.31. The summed E-state index contributed by atoms with van der Waals surface area (Å²) in [6.45, 7) is -0.333. The van der Waals surface area contributed by atoms with Crippen LogP contribution in [0.5, 0.6) is 0 Å². The van der Waals surface area contributed by atoms with Crippen LogP contribution >= 0.6 is 12.6 Å². The Labute approximate surface area is 70.3 Å². The first-order valence-electron chi connectivity index (χ1n) is 3.22. The van der Waals surface area contributed by atoms with Crippen molar-refractivity contribution in [2.75, 3.05) is 6.61 Å². The second kappa shape index (κ2) is 5.54. The molecular weight excluding hydrogens is 168 g/mol. The minimum Gasteiger partial charge on any atom is -0.395 e. The third kappa shape index (κ3) is 3.71. The number of aldehydes is 1. The van der Waals surface area contributed by atoms with Gasteiger partial charge >= 0.3 is 0 Å². The fourth-order valence-electron chi connectivity index (χ4n) is 0.602. The molecule has 0 radical (unpaired) electrons. The molecule has 11 heavy (non-hydrogen) atoms. The first-order chi connectivity index (χ1) is 5.13.